The number of hydrogen-bond donors (Lipinski definition) is 3. The standard InChI is InChI=1S/C20H16BrN5O2/c1-22-19(27)12-3-2-4-15(11-12)28-17-10-9-16-18(25-17)26-20(24-16)23-14-7-5-13(21)6-8-14/h2-11H,1H3,(H,22,27)(H2,23,24,25,26). The van der Waals surface area contributed by atoms with Crippen molar-refractivity contribution in [3.8, 4) is 11.6 Å². The number of amides is 1. The van der Waals surface area contributed by atoms with Crippen molar-refractivity contribution in [2.75, 3.05) is 12.4 Å². The molecule has 140 valence electrons. The van der Waals surface area contributed by atoms with E-state index in [1.165, 1.54) is 0 Å². The molecule has 2 aromatic heterocycles. The van der Waals surface area contributed by atoms with Crippen LogP contribution in [0.4, 0.5) is 11.6 Å². The monoisotopic (exact) mass is 437 g/mol. The Morgan fingerprint density at radius 2 is 1.89 bits per heavy atom. The molecule has 0 saturated heterocycles. The third-order valence-electron chi connectivity index (χ3n) is 3.97. The first-order valence-electron chi connectivity index (χ1n) is 8.50. The summed E-state index contributed by atoms with van der Waals surface area (Å²) in [6.07, 6.45) is 0. The number of nitrogens with one attached hydrogen (secondary N) is 3. The zero-order valence-electron chi connectivity index (χ0n) is 14.9. The number of hydrogen-bond acceptors (Lipinski definition) is 5. The maximum atomic E-state index is 11.8. The SMILES string of the molecule is CNC(=O)c1cccc(Oc2ccc3[nH]c(Nc4ccc(Br)cc4)nc3n2)c1. The highest BCUT2D eigenvalue weighted by Crippen LogP contribution is 2.24. The Bertz CT molecular complexity index is 1140. The number of nitrogens with zero attached hydrogens (tertiary/aromatic N) is 2. The molecule has 0 aliphatic heterocycles. The molecule has 2 heterocycles. The molecule has 0 aliphatic carbocycles. The second-order valence-electron chi connectivity index (χ2n) is 5.95. The minimum Gasteiger partial charge on any atom is -0.439 e. The first-order valence-corrected chi connectivity index (χ1v) is 9.29. The van der Waals surface area contributed by atoms with Crippen molar-refractivity contribution in [3.05, 3.63) is 70.7 Å². The molecule has 1 amide bonds. The number of ether oxygens (including phenoxy) is 1. The summed E-state index contributed by atoms with van der Waals surface area (Å²) >= 11 is 3.41. The molecule has 0 spiro atoms. The lowest BCUT2D eigenvalue weighted by Crippen LogP contribution is -2.17. The normalized spacial score (nSPS) is 10.6. The van der Waals surface area contributed by atoms with E-state index in [1.807, 2.05) is 30.3 Å². The second kappa shape index (κ2) is 7.69. The number of halogens is 1. The van der Waals surface area contributed by atoms with Gasteiger partial charge in [-0.2, -0.15) is 9.97 Å². The smallest absolute Gasteiger partial charge is 0.251 e. The number of carbonyl (C=O) groups excluding carboxylic acids is 1. The number of aromatic nitrogens is 3. The quantitative estimate of drug-likeness (QED) is 0.423. The van der Waals surface area contributed by atoms with E-state index in [2.05, 4.69) is 41.5 Å². The van der Waals surface area contributed by atoms with Gasteiger partial charge in [-0.1, -0.05) is 22.0 Å². The van der Waals surface area contributed by atoms with Crippen LogP contribution in [-0.2, 0) is 0 Å². The number of rotatable bonds is 5. The van der Waals surface area contributed by atoms with Gasteiger partial charge in [0.05, 0.1) is 5.52 Å². The molecule has 7 nitrogen and oxygen atoms in total. The number of pyridine rings is 1. The van der Waals surface area contributed by atoms with Gasteiger partial charge in [-0.05, 0) is 48.5 Å². The van der Waals surface area contributed by atoms with Crippen LogP contribution < -0.4 is 15.4 Å². The number of benzene rings is 2. The minimum absolute atomic E-state index is 0.176. The Morgan fingerprint density at radius 1 is 1.07 bits per heavy atom. The van der Waals surface area contributed by atoms with E-state index in [-0.39, 0.29) is 5.91 Å². The van der Waals surface area contributed by atoms with Gasteiger partial charge in [0.1, 0.15) is 5.75 Å². The lowest BCUT2D eigenvalue weighted by molar-refractivity contribution is 0.0963. The second-order valence-corrected chi connectivity index (χ2v) is 6.86. The summed E-state index contributed by atoms with van der Waals surface area (Å²) in [7, 11) is 1.59. The lowest BCUT2D eigenvalue weighted by atomic mass is 10.2. The van der Waals surface area contributed by atoms with Gasteiger partial charge in [-0.3, -0.25) is 4.79 Å². The molecule has 0 bridgehead atoms. The Labute approximate surface area is 169 Å². The summed E-state index contributed by atoms with van der Waals surface area (Å²) in [6, 6.07) is 18.3. The molecule has 8 heteroatoms. The lowest BCUT2D eigenvalue weighted by Gasteiger charge is -2.06. The molecule has 28 heavy (non-hydrogen) atoms. The highest BCUT2D eigenvalue weighted by atomic mass is 79.9. The summed E-state index contributed by atoms with van der Waals surface area (Å²) in [5, 5.41) is 5.79. The Morgan fingerprint density at radius 3 is 2.68 bits per heavy atom. The molecule has 0 aliphatic rings. The van der Waals surface area contributed by atoms with E-state index in [0.29, 0.717) is 28.8 Å². The number of carbonyl (C=O) groups is 1. The van der Waals surface area contributed by atoms with Gasteiger partial charge in [-0.15, -0.1) is 0 Å². The highest BCUT2D eigenvalue weighted by molar-refractivity contribution is 9.10. The molecule has 3 N–H and O–H groups in total. The molecule has 0 saturated carbocycles. The molecule has 0 atom stereocenters. The maximum Gasteiger partial charge on any atom is 0.251 e. The van der Waals surface area contributed by atoms with Crippen LogP contribution in [0, 0.1) is 0 Å². The van der Waals surface area contributed by atoms with Crippen LogP contribution in [0.1, 0.15) is 10.4 Å². The van der Waals surface area contributed by atoms with Crippen molar-refractivity contribution < 1.29 is 9.53 Å². The minimum atomic E-state index is -0.176. The van der Waals surface area contributed by atoms with Crippen molar-refractivity contribution in [1.82, 2.24) is 20.3 Å². The van der Waals surface area contributed by atoms with Crippen molar-refractivity contribution in [2.45, 2.75) is 0 Å². The van der Waals surface area contributed by atoms with Gasteiger partial charge >= 0.3 is 0 Å². The van der Waals surface area contributed by atoms with Crippen LogP contribution >= 0.6 is 15.9 Å². The van der Waals surface area contributed by atoms with Crippen molar-refractivity contribution in [2.24, 2.45) is 0 Å². The van der Waals surface area contributed by atoms with Gasteiger partial charge in [0, 0.05) is 28.8 Å². The average Bonchev–Trinajstić information content (AvgIpc) is 3.11. The molecule has 2 aromatic carbocycles. The van der Waals surface area contributed by atoms with Crippen LogP contribution in [0.5, 0.6) is 11.6 Å². The van der Waals surface area contributed by atoms with Gasteiger partial charge in [0.15, 0.2) is 5.65 Å². The van der Waals surface area contributed by atoms with Gasteiger partial charge < -0.3 is 20.4 Å². The molecule has 4 aromatic rings. The fourth-order valence-corrected chi connectivity index (χ4v) is 2.89. The van der Waals surface area contributed by atoms with E-state index >= 15 is 0 Å². The third kappa shape index (κ3) is 3.96. The number of H-pyrrole nitrogens is 1. The van der Waals surface area contributed by atoms with Crippen LogP contribution in [0.25, 0.3) is 11.2 Å². The topological polar surface area (TPSA) is 91.9 Å². The molecule has 0 unspecified atom stereocenters. The van der Waals surface area contributed by atoms with Crippen LogP contribution in [0.2, 0.25) is 0 Å². The first kappa shape index (κ1) is 18.0. The Balaban J connectivity index is 1.55. The van der Waals surface area contributed by atoms with Crippen molar-refractivity contribution in [3.63, 3.8) is 0 Å². The van der Waals surface area contributed by atoms with Crippen LogP contribution in [0.3, 0.4) is 0 Å². The van der Waals surface area contributed by atoms with Crippen molar-refractivity contribution in [1.29, 1.82) is 0 Å². The number of imidazole rings is 1. The average molecular weight is 438 g/mol. The van der Waals surface area contributed by atoms with Gasteiger partial charge in [-0.25, -0.2) is 0 Å². The molecule has 4 rings (SSSR count). The molecular formula is C20H16BrN5O2. The fraction of sp³-hybridized carbons (Fsp3) is 0.0500. The van der Waals surface area contributed by atoms with E-state index in [1.54, 1.807) is 37.4 Å². The van der Waals surface area contributed by atoms with E-state index in [0.717, 1.165) is 15.7 Å². The van der Waals surface area contributed by atoms with Gasteiger partial charge in [0.25, 0.3) is 5.91 Å². The maximum absolute atomic E-state index is 11.8. The number of anilines is 2. The molecular weight excluding hydrogens is 422 g/mol. The van der Waals surface area contributed by atoms with Crippen LogP contribution in [0.15, 0.2) is 65.1 Å². The summed E-state index contributed by atoms with van der Waals surface area (Å²) in [5.41, 5.74) is 2.73. The highest BCUT2D eigenvalue weighted by Gasteiger charge is 2.09. The summed E-state index contributed by atoms with van der Waals surface area (Å²) in [5.74, 6) is 1.33. The van der Waals surface area contributed by atoms with E-state index in [9.17, 15) is 4.79 Å². The Hall–Kier alpha value is -3.39. The summed E-state index contributed by atoms with van der Waals surface area (Å²) < 4.78 is 6.80. The molecule has 0 radical (unpaired) electrons. The van der Waals surface area contributed by atoms with Gasteiger partial charge in [0.2, 0.25) is 11.8 Å². The predicted octanol–water partition coefficient (Wildman–Crippen LogP) is 4.62. The van der Waals surface area contributed by atoms with E-state index in [4.69, 9.17) is 4.74 Å². The van der Waals surface area contributed by atoms with Crippen molar-refractivity contribution >= 4 is 44.6 Å². The summed E-state index contributed by atoms with van der Waals surface area (Å²) in [4.78, 5) is 23.8. The first-order chi connectivity index (χ1) is 13.6. The number of aromatic amines is 1. The molecule has 0 fully saturated rings. The fourth-order valence-electron chi connectivity index (χ4n) is 2.63. The third-order valence-corrected chi connectivity index (χ3v) is 4.50. The van der Waals surface area contributed by atoms with E-state index < -0.39 is 0 Å². The summed E-state index contributed by atoms with van der Waals surface area (Å²) in [6.45, 7) is 0. The van der Waals surface area contributed by atoms with Crippen LogP contribution in [-0.4, -0.2) is 27.9 Å². The largest absolute Gasteiger partial charge is 0.439 e. The predicted molar refractivity (Wildman–Crippen MR) is 111 cm³/mol. The zero-order valence-corrected chi connectivity index (χ0v) is 16.4. The zero-order chi connectivity index (χ0) is 19.5. The number of fused-ring (bicyclic) bond motifs is 1. The Kier molecular flexibility index (Phi) is 4.94.